The van der Waals surface area contributed by atoms with Gasteiger partial charge in [0.2, 0.25) is 0 Å². The van der Waals surface area contributed by atoms with Crippen molar-refractivity contribution < 1.29 is 0 Å². The normalized spacial score (nSPS) is 16.5. The first-order chi connectivity index (χ1) is 30.3. The van der Waals surface area contributed by atoms with E-state index in [-0.39, 0.29) is 5.41 Å². The molecule has 2 aromatic heterocycles. The van der Waals surface area contributed by atoms with Gasteiger partial charge >= 0.3 is 0 Å². The number of nitrogens with zero attached hydrogens (tertiary/aromatic N) is 2. The van der Waals surface area contributed by atoms with Crippen LogP contribution in [0.4, 0.5) is 0 Å². The SMILES string of the molecule is C1=C(n2c3cc4ccccc4cc3c3ccc4ccccc4c32)\N=C(\c2ccc3c(c2)-c2ccccc2C32c3ccccc3-c3ccccc32)c2sc3ccccc3c2CC/1. The number of aryl methyl sites for hydroxylation is 1. The molecule has 0 saturated heterocycles. The number of hydrogen-bond donors (Lipinski definition) is 0. The summed E-state index contributed by atoms with van der Waals surface area (Å²) in [6, 6.07) is 70.3. The van der Waals surface area contributed by atoms with E-state index in [9.17, 15) is 0 Å². The molecule has 0 fully saturated rings. The fourth-order valence-electron chi connectivity index (χ4n) is 11.4. The van der Waals surface area contributed by atoms with Crippen LogP contribution in [0, 0.1) is 0 Å². The molecule has 2 aliphatic carbocycles. The maximum atomic E-state index is 5.97. The number of aliphatic imine (C=N–C) groups is 1. The van der Waals surface area contributed by atoms with Crippen LogP contribution >= 0.6 is 11.3 Å². The van der Waals surface area contributed by atoms with Crippen LogP contribution in [0.2, 0.25) is 0 Å². The van der Waals surface area contributed by atoms with Gasteiger partial charge in [0.05, 0.1) is 27.0 Å². The third-order valence-electron chi connectivity index (χ3n) is 13.9. The zero-order valence-corrected chi connectivity index (χ0v) is 34.0. The van der Waals surface area contributed by atoms with Gasteiger partial charge in [-0.05, 0) is 115 Å². The van der Waals surface area contributed by atoms with Crippen LogP contribution in [0.25, 0.3) is 81.5 Å². The van der Waals surface area contributed by atoms with Crippen LogP contribution in [0.3, 0.4) is 0 Å². The molecule has 3 heterocycles. The summed E-state index contributed by atoms with van der Waals surface area (Å²) in [5.41, 5.74) is 16.2. The Labute approximate surface area is 357 Å². The molecule has 61 heavy (non-hydrogen) atoms. The molecule has 0 amide bonds. The summed E-state index contributed by atoms with van der Waals surface area (Å²) < 4.78 is 3.78. The van der Waals surface area contributed by atoms with Gasteiger partial charge in [-0.2, -0.15) is 0 Å². The molecule has 0 bridgehead atoms. The molecule has 0 unspecified atom stereocenters. The van der Waals surface area contributed by atoms with E-state index in [1.165, 1.54) is 108 Å². The third-order valence-corrected chi connectivity index (χ3v) is 15.1. The van der Waals surface area contributed by atoms with E-state index in [1.54, 1.807) is 0 Å². The highest BCUT2D eigenvalue weighted by Crippen LogP contribution is 2.62. The quantitative estimate of drug-likeness (QED) is 0.166. The fourth-order valence-corrected chi connectivity index (χ4v) is 12.6. The van der Waals surface area contributed by atoms with Crippen LogP contribution in [-0.4, -0.2) is 10.3 Å². The number of thiophene rings is 1. The van der Waals surface area contributed by atoms with E-state index < -0.39 is 0 Å². The lowest BCUT2D eigenvalue weighted by atomic mass is 9.70. The average Bonchev–Trinajstić information content (AvgIpc) is 4.02. The molecule has 9 aromatic carbocycles. The molecule has 3 heteroatoms. The highest BCUT2D eigenvalue weighted by molar-refractivity contribution is 7.21. The van der Waals surface area contributed by atoms with Crippen molar-refractivity contribution in [2.24, 2.45) is 4.99 Å². The molecular weight excluding hydrogens is 757 g/mol. The zero-order valence-electron chi connectivity index (χ0n) is 33.2. The number of benzene rings is 9. The van der Waals surface area contributed by atoms with Gasteiger partial charge in [0, 0.05) is 26.4 Å². The van der Waals surface area contributed by atoms with Gasteiger partial charge in [0.1, 0.15) is 5.82 Å². The molecular formula is C58H36N2S. The van der Waals surface area contributed by atoms with E-state index in [0.717, 1.165) is 29.9 Å². The van der Waals surface area contributed by atoms with Crippen molar-refractivity contribution in [2.75, 3.05) is 0 Å². The van der Waals surface area contributed by atoms with Crippen molar-refractivity contribution in [1.82, 2.24) is 4.57 Å². The van der Waals surface area contributed by atoms with E-state index in [0.29, 0.717) is 0 Å². The van der Waals surface area contributed by atoms with Gasteiger partial charge in [-0.25, -0.2) is 4.99 Å². The number of fused-ring (bicyclic) bond motifs is 19. The molecule has 0 radical (unpaired) electrons. The first-order valence-corrected chi connectivity index (χ1v) is 22.2. The second-order valence-corrected chi connectivity index (χ2v) is 17.9. The summed E-state index contributed by atoms with van der Waals surface area (Å²) >= 11 is 1.89. The van der Waals surface area contributed by atoms with Crippen LogP contribution in [0.1, 0.15) is 44.7 Å². The predicted octanol–water partition coefficient (Wildman–Crippen LogP) is 14.9. The number of aromatic nitrogens is 1. The Morgan fingerprint density at radius 3 is 1.84 bits per heavy atom. The van der Waals surface area contributed by atoms with E-state index >= 15 is 0 Å². The van der Waals surface area contributed by atoms with Crippen molar-refractivity contribution in [3.8, 4) is 22.3 Å². The number of hydrogen-bond acceptors (Lipinski definition) is 2. The van der Waals surface area contributed by atoms with Gasteiger partial charge in [-0.15, -0.1) is 11.3 Å². The lowest BCUT2D eigenvalue weighted by Crippen LogP contribution is -2.25. The second kappa shape index (κ2) is 12.4. The van der Waals surface area contributed by atoms with Crippen molar-refractivity contribution in [3.63, 3.8) is 0 Å². The lowest BCUT2D eigenvalue weighted by Gasteiger charge is -2.30. The maximum absolute atomic E-state index is 5.97. The largest absolute Gasteiger partial charge is 0.293 e. The molecule has 0 N–H and O–H groups in total. The molecule has 3 aliphatic rings. The Hall–Kier alpha value is -7.33. The predicted molar refractivity (Wildman–Crippen MR) is 257 cm³/mol. The zero-order chi connectivity index (χ0) is 39.8. The summed E-state index contributed by atoms with van der Waals surface area (Å²) in [5.74, 6) is 0.973. The van der Waals surface area contributed by atoms with Crippen molar-refractivity contribution in [3.05, 3.63) is 232 Å². The van der Waals surface area contributed by atoms with E-state index in [1.807, 2.05) is 11.3 Å². The van der Waals surface area contributed by atoms with Crippen molar-refractivity contribution in [1.29, 1.82) is 0 Å². The highest BCUT2D eigenvalue weighted by atomic mass is 32.1. The fraction of sp³-hybridized carbons (Fsp3) is 0.0517. The molecule has 11 aromatic rings. The van der Waals surface area contributed by atoms with Gasteiger partial charge in [0.15, 0.2) is 0 Å². The Morgan fingerprint density at radius 1 is 0.475 bits per heavy atom. The molecule has 1 spiro atoms. The minimum atomic E-state index is -0.388. The van der Waals surface area contributed by atoms with E-state index in [4.69, 9.17) is 4.99 Å². The number of rotatable bonds is 2. The van der Waals surface area contributed by atoms with Crippen LogP contribution in [0.15, 0.2) is 199 Å². The molecule has 0 saturated carbocycles. The minimum Gasteiger partial charge on any atom is -0.293 e. The molecule has 1 aliphatic heterocycles. The minimum absolute atomic E-state index is 0.388. The molecule has 284 valence electrons. The highest BCUT2D eigenvalue weighted by Gasteiger charge is 2.51. The Kier molecular flexibility index (Phi) is 6.79. The van der Waals surface area contributed by atoms with Gasteiger partial charge in [0.25, 0.3) is 0 Å². The summed E-state index contributed by atoms with van der Waals surface area (Å²) in [6.07, 6.45) is 4.22. The van der Waals surface area contributed by atoms with Crippen molar-refractivity contribution in [2.45, 2.75) is 18.3 Å². The maximum Gasteiger partial charge on any atom is 0.134 e. The first-order valence-electron chi connectivity index (χ1n) is 21.3. The van der Waals surface area contributed by atoms with Crippen LogP contribution < -0.4 is 0 Å². The average molecular weight is 793 g/mol. The summed E-state index contributed by atoms with van der Waals surface area (Å²) in [7, 11) is 0. The Morgan fingerprint density at radius 2 is 1.08 bits per heavy atom. The first kappa shape index (κ1) is 33.5. The number of allylic oxidation sites excluding steroid dienone is 1. The van der Waals surface area contributed by atoms with Crippen LogP contribution in [-0.2, 0) is 11.8 Å². The standard InChI is InChI=1S/C58H36N2S/c1-2-16-37-34-52-47(32-36(37)15-1)44-30-28-35-14-3-4-17-39(35)56(44)60(52)54-27-13-22-45-43-21-8-12-26-53(43)61-57(45)55(59-54)38-29-31-51-46(33-38)42-20-7-11-25-50(42)58(51)48-23-9-5-18-40(48)41-19-6-10-24-49(41)58/h1-12,14-21,23-34H,13,22H2/b54-27+,59-55-. The Balaban J connectivity index is 1.07. The van der Waals surface area contributed by atoms with Gasteiger partial charge < -0.3 is 0 Å². The summed E-state index contributed by atoms with van der Waals surface area (Å²) in [4.78, 5) is 7.23. The Bertz CT molecular complexity index is 3730. The lowest BCUT2D eigenvalue weighted by molar-refractivity contribution is 0.793. The molecule has 2 nitrogen and oxygen atoms in total. The van der Waals surface area contributed by atoms with E-state index in [2.05, 4.69) is 199 Å². The van der Waals surface area contributed by atoms with Crippen LogP contribution in [0.5, 0.6) is 0 Å². The smallest absolute Gasteiger partial charge is 0.134 e. The summed E-state index contributed by atoms with van der Waals surface area (Å²) in [6.45, 7) is 0. The third kappa shape index (κ3) is 4.43. The summed E-state index contributed by atoms with van der Waals surface area (Å²) in [5, 5.41) is 8.78. The van der Waals surface area contributed by atoms with Crippen molar-refractivity contribution >= 4 is 76.3 Å². The van der Waals surface area contributed by atoms with Gasteiger partial charge in [-0.1, -0.05) is 164 Å². The monoisotopic (exact) mass is 792 g/mol. The second-order valence-electron chi connectivity index (χ2n) is 16.8. The molecule has 14 rings (SSSR count). The van der Waals surface area contributed by atoms with Gasteiger partial charge in [-0.3, -0.25) is 4.57 Å². The molecule has 0 atom stereocenters. The topological polar surface area (TPSA) is 17.3 Å².